The summed E-state index contributed by atoms with van der Waals surface area (Å²) in [6.07, 6.45) is 0. The van der Waals surface area contributed by atoms with Crippen LogP contribution in [0.2, 0.25) is 0 Å². The molecule has 3 heteroatoms. The van der Waals surface area contributed by atoms with Gasteiger partial charge in [0, 0.05) is 23.7 Å². The summed E-state index contributed by atoms with van der Waals surface area (Å²) >= 11 is 3.56. The number of aliphatic hydroxyl groups is 1. The number of aryl methyl sites for hydroxylation is 1. The molecule has 16 heavy (non-hydrogen) atoms. The maximum absolute atomic E-state index is 9.04. The second-order valence-corrected chi connectivity index (χ2v) is 5.28. The van der Waals surface area contributed by atoms with Crippen LogP contribution in [0, 0.1) is 12.8 Å². The summed E-state index contributed by atoms with van der Waals surface area (Å²) in [7, 11) is 0. The molecule has 1 aromatic rings. The van der Waals surface area contributed by atoms with Gasteiger partial charge in [-0.25, -0.2) is 0 Å². The number of rotatable bonds is 5. The third-order valence-electron chi connectivity index (χ3n) is 2.96. The Morgan fingerprint density at radius 3 is 2.62 bits per heavy atom. The van der Waals surface area contributed by atoms with Crippen LogP contribution in [0.15, 0.2) is 22.7 Å². The number of hydrogen-bond acceptors (Lipinski definition) is 2. The van der Waals surface area contributed by atoms with Gasteiger partial charge in [-0.15, -0.1) is 0 Å². The second-order valence-electron chi connectivity index (χ2n) is 4.42. The van der Waals surface area contributed by atoms with Gasteiger partial charge in [0.2, 0.25) is 0 Å². The van der Waals surface area contributed by atoms with E-state index >= 15 is 0 Å². The molecule has 0 aliphatic heterocycles. The molecule has 2 atom stereocenters. The van der Waals surface area contributed by atoms with Gasteiger partial charge in [0.15, 0.2) is 0 Å². The molecule has 0 saturated carbocycles. The second kappa shape index (κ2) is 6.38. The third kappa shape index (κ3) is 3.89. The molecular formula is C13H20BrNO. The average Bonchev–Trinajstić information content (AvgIpc) is 2.26. The van der Waals surface area contributed by atoms with Crippen LogP contribution in [0.3, 0.4) is 0 Å². The van der Waals surface area contributed by atoms with Crippen LogP contribution in [0.25, 0.3) is 0 Å². The maximum atomic E-state index is 9.04. The number of aliphatic hydroxyl groups excluding tert-OH is 1. The first kappa shape index (κ1) is 13.7. The predicted octanol–water partition coefficient (Wildman–Crippen LogP) is 2.86. The van der Waals surface area contributed by atoms with Gasteiger partial charge in [-0.1, -0.05) is 35.0 Å². The van der Waals surface area contributed by atoms with Crippen LogP contribution in [0.5, 0.6) is 0 Å². The zero-order chi connectivity index (χ0) is 12.1. The van der Waals surface area contributed by atoms with Gasteiger partial charge in [-0.05, 0) is 37.0 Å². The molecule has 1 rings (SSSR count). The van der Waals surface area contributed by atoms with E-state index in [-0.39, 0.29) is 12.5 Å². The molecule has 2 nitrogen and oxygen atoms in total. The minimum absolute atomic E-state index is 0.225. The molecule has 0 amide bonds. The normalized spacial score (nSPS) is 14.8. The Labute approximate surface area is 106 Å². The van der Waals surface area contributed by atoms with Crippen molar-refractivity contribution in [2.75, 3.05) is 6.61 Å². The molecule has 2 unspecified atom stereocenters. The quantitative estimate of drug-likeness (QED) is 0.872. The first-order valence-corrected chi connectivity index (χ1v) is 6.43. The number of halogens is 1. The maximum Gasteiger partial charge on any atom is 0.0471 e. The van der Waals surface area contributed by atoms with E-state index in [1.165, 1.54) is 11.1 Å². The summed E-state index contributed by atoms with van der Waals surface area (Å²) in [5.74, 6) is 0.282. The van der Waals surface area contributed by atoms with Crippen molar-refractivity contribution < 1.29 is 5.11 Å². The van der Waals surface area contributed by atoms with E-state index < -0.39 is 0 Å². The molecule has 1 aromatic carbocycles. The highest BCUT2D eigenvalue weighted by atomic mass is 79.9. The van der Waals surface area contributed by atoms with E-state index in [4.69, 9.17) is 5.11 Å². The van der Waals surface area contributed by atoms with E-state index in [9.17, 15) is 0 Å². The molecule has 90 valence electrons. The van der Waals surface area contributed by atoms with E-state index in [1.54, 1.807) is 0 Å². The zero-order valence-electron chi connectivity index (χ0n) is 10.1. The highest BCUT2D eigenvalue weighted by molar-refractivity contribution is 9.10. The summed E-state index contributed by atoms with van der Waals surface area (Å²) in [6.45, 7) is 7.28. The lowest BCUT2D eigenvalue weighted by Crippen LogP contribution is -2.33. The molecule has 0 heterocycles. The van der Waals surface area contributed by atoms with Crippen LogP contribution in [-0.2, 0) is 6.54 Å². The van der Waals surface area contributed by atoms with Crippen molar-refractivity contribution in [1.29, 1.82) is 0 Å². The monoisotopic (exact) mass is 285 g/mol. The first-order valence-electron chi connectivity index (χ1n) is 5.64. The highest BCUT2D eigenvalue weighted by Gasteiger charge is 2.10. The molecule has 0 spiro atoms. The Morgan fingerprint density at radius 2 is 2.06 bits per heavy atom. The molecule has 0 bridgehead atoms. The Bertz CT molecular complexity index is 341. The van der Waals surface area contributed by atoms with E-state index in [1.807, 2.05) is 6.92 Å². The van der Waals surface area contributed by atoms with Crippen LogP contribution >= 0.6 is 15.9 Å². The summed E-state index contributed by atoms with van der Waals surface area (Å²) in [4.78, 5) is 0. The summed E-state index contributed by atoms with van der Waals surface area (Å²) in [5, 5.41) is 12.5. The smallest absolute Gasteiger partial charge is 0.0471 e. The molecule has 2 N–H and O–H groups in total. The van der Waals surface area contributed by atoms with Crippen LogP contribution in [0.4, 0.5) is 0 Å². The van der Waals surface area contributed by atoms with Gasteiger partial charge >= 0.3 is 0 Å². The third-order valence-corrected chi connectivity index (χ3v) is 3.70. The lowest BCUT2D eigenvalue weighted by Gasteiger charge is -2.19. The minimum Gasteiger partial charge on any atom is -0.396 e. The fourth-order valence-electron chi connectivity index (χ4n) is 1.43. The molecule has 0 aromatic heterocycles. The summed E-state index contributed by atoms with van der Waals surface area (Å²) in [5.41, 5.74) is 2.51. The first-order chi connectivity index (χ1) is 7.54. The number of benzene rings is 1. The van der Waals surface area contributed by atoms with Gasteiger partial charge in [0.25, 0.3) is 0 Å². The van der Waals surface area contributed by atoms with Crippen LogP contribution in [-0.4, -0.2) is 17.8 Å². The number of nitrogens with one attached hydrogen (secondary N) is 1. The Balaban J connectivity index is 2.54. The lowest BCUT2D eigenvalue weighted by molar-refractivity contribution is 0.207. The Morgan fingerprint density at radius 1 is 1.38 bits per heavy atom. The average molecular weight is 286 g/mol. The van der Waals surface area contributed by atoms with Crippen molar-refractivity contribution in [1.82, 2.24) is 5.32 Å². The molecule has 0 aliphatic rings. The molecule has 0 aliphatic carbocycles. The Hall–Kier alpha value is -0.380. The van der Waals surface area contributed by atoms with Gasteiger partial charge in [0.1, 0.15) is 0 Å². The standard InChI is InChI=1S/C13H20BrNO/c1-9-4-5-12(13(14)6-9)7-15-11(3)10(2)8-16/h4-6,10-11,15-16H,7-8H2,1-3H3. The van der Waals surface area contributed by atoms with E-state index in [2.05, 4.69) is 53.3 Å². The van der Waals surface area contributed by atoms with Gasteiger partial charge in [-0.3, -0.25) is 0 Å². The van der Waals surface area contributed by atoms with E-state index in [0.29, 0.717) is 6.04 Å². The molecule has 0 fully saturated rings. The highest BCUT2D eigenvalue weighted by Crippen LogP contribution is 2.18. The van der Waals surface area contributed by atoms with Crippen molar-refractivity contribution in [3.63, 3.8) is 0 Å². The van der Waals surface area contributed by atoms with E-state index in [0.717, 1.165) is 11.0 Å². The predicted molar refractivity (Wildman–Crippen MR) is 71.4 cm³/mol. The van der Waals surface area contributed by atoms with Gasteiger partial charge in [-0.2, -0.15) is 0 Å². The molecular weight excluding hydrogens is 266 g/mol. The van der Waals surface area contributed by atoms with Crippen molar-refractivity contribution in [3.8, 4) is 0 Å². The fraction of sp³-hybridized carbons (Fsp3) is 0.538. The van der Waals surface area contributed by atoms with Crippen LogP contribution < -0.4 is 5.32 Å². The zero-order valence-corrected chi connectivity index (χ0v) is 11.7. The van der Waals surface area contributed by atoms with Crippen molar-refractivity contribution in [3.05, 3.63) is 33.8 Å². The largest absolute Gasteiger partial charge is 0.396 e. The SMILES string of the molecule is Cc1ccc(CNC(C)C(C)CO)c(Br)c1. The summed E-state index contributed by atoms with van der Waals surface area (Å²) in [6, 6.07) is 6.68. The minimum atomic E-state index is 0.225. The fourth-order valence-corrected chi connectivity index (χ4v) is 2.06. The topological polar surface area (TPSA) is 32.3 Å². The number of hydrogen-bond donors (Lipinski definition) is 2. The summed E-state index contributed by atoms with van der Waals surface area (Å²) < 4.78 is 1.14. The molecule has 0 radical (unpaired) electrons. The van der Waals surface area contributed by atoms with Crippen molar-refractivity contribution in [2.24, 2.45) is 5.92 Å². The van der Waals surface area contributed by atoms with Gasteiger partial charge < -0.3 is 10.4 Å². The Kier molecular flexibility index (Phi) is 5.46. The van der Waals surface area contributed by atoms with Crippen LogP contribution in [0.1, 0.15) is 25.0 Å². The molecule has 0 saturated heterocycles. The lowest BCUT2D eigenvalue weighted by atomic mass is 10.0. The van der Waals surface area contributed by atoms with Crippen molar-refractivity contribution >= 4 is 15.9 Å². The van der Waals surface area contributed by atoms with Crippen molar-refractivity contribution in [2.45, 2.75) is 33.4 Å². The van der Waals surface area contributed by atoms with Gasteiger partial charge in [0.05, 0.1) is 0 Å².